The third-order valence-electron chi connectivity index (χ3n) is 9.52. The van der Waals surface area contributed by atoms with Crippen LogP contribution >= 0.6 is 0 Å². The van der Waals surface area contributed by atoms with E-state index in [9.17, 15) is 9.90 Å². The molecule has 5 aliphatic rings. The van der Waals surface area contributed by atoms with Crippen molar-refractivity contribution in [3.8, 4) is 0 Å². The van der Waals surface area contributed by atoms with Gasteiger partial charge in [0.2, 0.25) is 0 Å². The summed E-state index contributed by atoms with van der Waals surface area (Å²) in [7, 11) is 0. The topological polar surface area (TPSA) is 49.8 Å². The Morgan fingerprint density at radius 2 is 1.89 bits per heavy atom. The first kappa shape index (κ1) is 19.3. The van der Waals surface area contributed by atoms with Gasteiger partial charge in [-0.15, -0.1) is 0 Å². The van der Waals surface area contributed by atoms with Crippen LogP contribution in [0.1, 0.15) is 58.8 Å². The maximum Gasteiger partial charge on any atom is 0.143 e. The second-order valence-electron chi connectivity index (χ2n) is 10.8. The van der Waals surface area contributed by atoms with Gasteiger partial charge in [-0.05, 0) is 68.1 Å². The zero-order valence-electron chi connectivity index (χ0n) is 17.7. The third-order valence-corrected chi connectivity index (χ3v) is 9.52. The molecular formula is C24H37NO3. The molecule has 0 bridgehead atoms. The highest BCUT2D eigenvalue weighted by molar-refractivity contribution is 5.89. The second kappa shape index (κ2) is 6.92. The zero-order chi connectivity index (χ0) is 19.5. The van der Waals surface area contributed by atoms with Crippen LogP contribution in [0, 0.1) is 34.5 Å². The first-order chi connectivity index (χ1) is 13.4. The van der Waals surface area contributed by atoms with E-state index in [1.807, 2.05) is 0 Å². The molecular weight excluding hydrogens is 350 g/mol. The summed E-state index contributed by atoms with van der Waals surface area (Å²) in [5.41, 5.74) is 1.67. The van der Waals surface area contributed by atoms with Crippen LogP contribution in [0.15, 0.2) is 11.6 Å². The minimum absolute atomic E-state index is 0.103. The SMILES string of the molecule is C[C@@]12CC[C@@H]3[C@H](CC=C4C[C@@H](O)CC[C@@]43C)[C@H]1C[C@@H](CN1CCOCC1)C2=O. The lowest BCUT2D eigenvalue weighted by Gasteiger charge is -2.56. The van der Waals surface area contributed by atoms with Crippen molar-refractivity contribution in [2.45, 2.75) is 64.9 Å². The van der Waals surface area contributed by atoms with Crippen molar-refractivity contribution in [1.82, 2.24) is 4.90 Å². The van der Waals surface area contributed by atoms with Gasteiger partial charge >= 0.3 is 0 Å². The highest BCUT2D eigenvalue weighted by Gasteiger charge is 2.61. The molecule has 0 amide bonds. The molecule has 0 aromatic heterocycles. The fourth-order valence-electron chi connectivity index (χ4n) is 7.84. The van der Waals surface area contributed by atoms with Crippen LogP contribution in [0.25, 0.3) is 0 Å². The van der Waals surface area contributed by atoms with Gasteiger partial charge in [-0.2, -0.15) is 0 Å². The number of ketones is 1. The molecule has 28 heavy (non-hydrogen) atoms. The predicted octanol–water partition coefficient (Wildman–Crippen LogP) is 3.44. The largest absolute Gasteiger partial charge is 0.393 e. The fraction of sp³-hybridized carbons (Fsp3) is 0.875. The highest BCUT2D eigenvalue weighted by Crippen LogP contribution is 2.64. The summed E-state index contributed by atoms with van der Waals surface area (Å²) >= 11 is 0. The number of morpholine rings is 1. The van der Waals surface area contributed by atoms with Crippen molar-refractivity contribution >= 4 is 5.78 Å². The lowest BCUT2D eigenvalue weighted by Crippen LogP contribution is -2.50. The van der Waals surface area contributed by atoms with Gasteiger partial charge in [-0.25, -0.2) is 0 Å². The van der Waals surface area contributed by atoms with E-state index in [4.69, 9.17) is 4.74 Å². The van der Waals surface area contributed by atoms with E-state index >= 15 is 0 Å². The standard InChI is InChI=1S/C24H37NO3/c1-23-7-5-18(26)14-17(23)3-4-19-20(23)6-8-24(2)21(19)13-16(22(24)27)15-25-9-11-28-12-10-25/h3,16,18-21,26H,4-15H2,1-2H3/t16-,18-,19-,20+,21+,23-,24+/m0/s1. The molecule has 0 aromatic carbocycles. The Balaban J connectivity index is 1.38. The van der Waals surface area contributed by atoms with Crippen molar-refractivity contribution in [3.05, 3.63) is 11.6 Å². The van der Waals surface area contributed by atoms with Gasteiger partial charge in [0.25, 0.3) is 0 Å². The van der Waals surface area contributed by atoms with E-state index in [2.05, 4.69) is 24.8 Å². The maximum atomic E-state index is 13.5. The predicted molar refractivity (Wildman–Crippen MR) is 109 cm³/mol. The average Bonchev–Trinajstić information content (AvgIpc) is 2.94. The number of carbonyl (C=O) groups excluding carboxylic acids is 1. The lowest BCUT2D eigenvalue weighted by molar-refractivity contribution is -0.134. The zero-order valence-corrected chi connectivity index (χ0v) is 17.7. The first-order valence-electron chi connectivity index (χ1n) is 11.6. The number of allylic oxidation sites excluding steroid dienone is 1. The number of rotatable bonds is 2. The van der Waals surface area contributed by atoms with Crippen molar-refractivity contribution in [3.63, 3.8) is 0 Å². The highest BCUT2D eigenvalue weighted by atomic mass is 16.5. The van der Waals surface area contributed by atoms with Crippen molar-refractivity contribution in [2.75, 3.05) is 32.8 Å². The van der Waals surface area contributed by atoms with Gasteiger partial charge < -0.3 is 9.84 Å². The van der Waals surface area contributed by atoms with E-state index in [1.165, 1.54) is 12.0 Å². The molecule has 7 atom stereocenters. The number of hydrogen-bond acceptors (Lipinski definition) is 4. The smallest absolute Gasteiger partial charge is 0.143 e. The number of hydrogen-bond donors (Lipinski definition) is 1. The molecule has 4 heteroatoms. The molecule has 0 spiro atoms. The minimum atomic E-state index is -0.143. The van der Waals surface area contributed by atoms with Gasteiger partial charge in [0.05, 0.1) is 19.3 Å². The summed E-state index contributed by atoms with van der Waals surface area (Å²) in [5, 5.41) is 10.2. The monoisotopic (exact) mass is 387 g/mol. The Labute approximate surface area is 169 Å². The number of nitrogens with zero attached hydrogens (tertiary/aromatic N) is 1. The van der Waals surface area contributed by atoms with Crippen LogP contribution in [0.4, 0.5) is 0 Å². The number of ether oxygens (including phenoxy) is 1. The Morgan fingerprint density at radius 1 is 1.14 bits per heavy atom. The first-order valence-corrected chi connectivity index (χ1v) is 11.6. The molecule has 4 nitrogen and oxygen atoms in total. The Morgan fingerprint density at radius 3 is 2.68 bits per heavy atom. The molecule has 0 aromatic rings. The summed E-state index contributed by atoms with van der Waals surface area (Å²) in [6.45, 7) is 9.27. The van der Waals surface area contributed by atoms with Crippen LogP contribution in [-0.2, 0) is 9.53 Å². The van der Waals surface area contributed by atoms with Gasteiger partial charge in [0.15, 0.2) is 0 Å². The summed E-state index contributed by atoms with van der Waals surface area (Å²) in [6, 6.07) is 0. The molecule has 4 fully saturated rings. The third kappa shape index (κ3) is 2.86. The van der Waals surface area contributed by atoms with Gasteiger partial charge in [-0.3, -0.25) is 9.69 Å². The molecule has 4 aliphatic carbocycles. The van der Waals surface area contributed by atoms with E-state index < -0.39 is 0 Å². The number of aliphatic hydroxyl groups is 1. The van der Waals surface area contributed by atoms with E-state index in [1.54, 1.807) is 0 Å². The van der Waals surface area contributed by atoms with Crippen molar-refractivity contribution in [2.24, 2.45) is 34.5 Å². The summed E-state index contributed by atoms with van der Waals surface area (Å²) < 4.78 is 5.49. The molecule has 1 heterocycles. The second-order valence-corrected chi connectivity index (χ2v) is 10.8. The number of Topliss-reactive ketones (excluding diaryl/α,β-unsaturated/α-hetero) is 1. The van der Waals surface area contributed by atoms with Gasteiger partial charge in [-0.1, -0.05) is 25.5 Å². The molecule has 156 valence electrons. The number of carbonyl (C=O) groups is 1. The molecule has 5 rings (SSSR count). The van der Waals surface area contributed by atoms with Crippen molar-refractivity contribution < 1.29 is 14.6 Å². The maximum absolute atomic E-state index is 13.5. The lowest BCUT2D eigenvalue weighted by atomic mass is 9.48. The van der Waals surface area contributed by atoms with E-state index in [-0.39, 0.29) is 22.9 Å². The molecule has 3 saturated carbocycles. The number of aliphatic hydroxyl groups excluding tert-OH is 1. The summed E-state index contributed by atoms with van der Waals surface area (Å²) in [5.74, 6) is 2.68. The Hall–Kier alpha value is -0.710. The van der Waals surface area contributed by atoms with Gasteiger partial charge in [0, 0.05) is 31.0 Å². The van der Waals surface area contributed by atoms with Gasteiger partial charge in [0.1, 0.15) is 5.78 Å². The normalized spacial score (nSPS) is 49.2. The van der Waals surface area contributed by atoms with Crippen LogP contribution in [-0.4, -0.2) is 54.7 Å². The van der Waals surface area contributed by atoms with E-state index in [0.29, 0.717) is 23.5 Å². The van der Waals surface area contributed by atoms with E-state index in [0.717, 1.165) is 71.4 Å². The van der Waals surface area contributed by atoms with Crippen LogP contribution in [0.5, 0.6) is 0 Å². The minimum Gasteiger partial charge on any atom is -0.393 e. The summed E-state index contributed by atoms with van der Waals surface area (Å²) in [6.07, 6.45) is 9.74. The Bertz CT molecular complexity index is 669. The van der Waals surface area contributed by atoms with Crippen LogP contribution < -0.4 is 0 Å². The van der Waals surface area contributed by atoms with Crippen molar-refractivity contribution in [1.29, 1.82) is 0 Å². The Kier molecular flexibility index (Phi) is 4.76. The molecule has 1 saturated heterocycles. The molecule has 1 N–H and O–H groups in total. The van der Waals surface area contributed by atoms with Crippen LogP contribution in [0.2, 0.25) is 0 Å². The number of fused-ring (bicyclic) bond motifs is 5. The average molecular weight is 388 g/mol. The molecule has 0 radical (unpaired) electrons. The van der Waals surface area contributed by atoms with Crippen LogP contribution in [0.3, 0.4) is 0 Å². The fourth-order valence-corrected chi connectivity index (χ4v) is 7.84. The quantitative estimate of drug-likeness (QED) is 0.738. The molecule has 0 unspecified atom stereocenters. The summed E-state index contributed by atoms with van der Waals surface area (Å²) in [4.78, 5) is 16.0. The molecule has 1 aliphatic heterocycles.